The van der Waals surface area contributed by atoms with Crippen LogP contribution in [0.5, 0.6) is 11.6 Å². The van der Waals surface area contributed by atoms with Crippen LogP contribution in [0.1, 0.15) is 33.3 Å². The molecule has 0 aliphatic rings. The van der Waals surface area contributed by atoms with Crippen LogP contribution >= 0.6 is 0 Å². The van der Waals surface area contributed by atoms with E-state index in [2.05, 4.69) is 4.98 Å². The maximum atomic E-state index is 5.60. The first-order chi connectivity index (χ1) is 8.86. The zero-order valence-corrected chi connectivity index (χ0v) is 12.0. The normalized spacial score (nSPS) is 8.28. The smallest absolute Gasteiger partial charge is 0.219 e. The summed E-state index contributed by atoms with van der Waals surface area (Å²) in [6, 6.07) is 13.5. The molecule has 18 heavy (non-hydrogen) atoms. The summed E-state index contributed by atoms with van der Waals surface area (Å²) in [5, 5.41) is 0. The summed E-state index contributed by atoms with van der Waals surface area (Å²) >= 11 is 0. The van der Waals surface area contributed by atoms with E-state index in [1.807, 2.05) is 77.1 Å². The molecule has 2 heteroatoms. The van der Waals surface area contributed by atoms with Gasteiger partial charge >= 0.3 is 0 Å². The van der Waals surface area contributed by atoms with Crippen LogP contribution in [0.25, 0.3) is 0 Å². The van der Waals surface area contributed by atoms with Crippen molar-refractivity contribution in [1.82, 2.24) is 4.98 Å². The molecule has 1 aromatic heterocycles. The van der Waals surface area contributed by atoms with Crippen LogP contribution in [0.3, 0.4) is 0 Å². The molecule has 0 saturated carbocycles. The van der Waals surface area contributed by atoms with Gasteiger partial charge in [-0.2, -0.15) is 0 Å². The molecule has 1 heterocycles. The molecule has 0 amide bonds. The van der Waals surface area contributed by atoms with E-state index < -0.39 is 0 Å². The van der Waals surface area contributed by atoms with Gasteiger partial charge in [0.2, 0.25) is 5.88 Å². The van der Waals surface area contributed by atoms with Gasteiger partial charge in [0.25, 0.3) is 0 Å². The lowest BCUT2D eigenvalue weighted by molar-refractivity contribution is 0.459. The molecule has 0 fully saturated rings. The van der Waals surface area contributed by atoms with Crippen molar-refractivity contribution >= 4 is 0 Å². The first-order valence-corrected chi connectivity index (χ1v) is 6.51. The summed E-state index contributed by atoms with van der Waals surface area (Å²) in [4.78, 5) is 4.09. The van der Waals surface area contributed by atoms with Crippen molar-refractivity contribution in [3.63, 3.8) is 0 Å². The summed E-state index contributed by atoms with van der Waals surface area (Å²) in [6.45, 7) is 10.0. The van der Waals surface area contributed by atoms with Crippen molar-refractivity contribution in [3.8, 4) is 11.6 Å². The van der Waals surface area contributed by atoms with Crippen LogP contribution in [0.2, 0.25) is 0 Å². The fourth-order valence-corrected chi connectivity index (χ4v) is 1.19. The highest BCUT2D eigenvalue weighted by Gasteiger charge is 1.99. The van der Waals surface area contributed by atoms with Gasteiger partial charge in [-0.1, -0.05) is 52.0 Å². The van der Waals surface area contributed by atoms with Crippen molar-refractivity contribution in [3.05, 3.63) is 54.2 Å². The lowest BCUT2D eigenvalue weighted by atomic mass is 10.2. The molecule has 2 nitrogen and oxygen atoms in total. The first-order valence-electron chi connectivity index (χ1n) is 6.51. The Hall–Kier alpha value is -1.83. The van der Waals surface area contributed by atoms with E-state index in [9.17, 15) is 0 Å². The number of ether oxygens (including phenoxy) is 1. The minimum Gasteiger partial charge on any atom is -0.439 e. The van der Waals surface area contributed by atoms with Gasteiger partial charge in [-0.15, -0.1) is 0 Å². The van der Waals surface area contributed by atoms with Crippen LogP contribution in [0.4, 0.5) is 0 Å². The molecule has 0 saturated heterocycles. The maximum absolute atomic E-state index is 5.60. The SMILES string of the molecule is CC.CC.Cc1ccccc1Oc1ccccn1. The highest BCUT2D eigenvalue weighted by molar-refractivity contribution is 5.34. The van der Waals surface area contributed by atoms with E-state index >= 15 is 0 Å². The first kappa shape index (κ1) is 16.2. The van der Waals surface area contributed by atoms with Crippen molar-refractivity contribution < 1.29 is 4.74 Å². The van der Waals surface area contributed by atoms with Gasteiger partial charge in [0.15, 0.2) is 0 Å². The number of aromatic nitrogens is 1. The number of para-hydroxylation sites is 1. The van der Waals surface area contributed by atoms with Crippen molar-refractivity contribution in [2.75, 3.05) is 0 Å². The molecule has 0 unspecified atom stereocenters. The molecule has 0 radical (unpaired) electrons. The zero-order valence-electron chi connectivity index (χ0n) is 12.0. The van der Waals surface area contributed by atoms with Crippen LogP contribution in [0, 0.1) is 6.92 Å². The molecule has 2 aromatic rings. The summed E-state index contributed by atoms with van der Waals surface area (Å²) in [5.41, 5.74) is 1.11. The van der Waals surface area contributed by atoms with Crippen LogP contribution < -0.4 is 4.74 Å². The Morgan fingerprint density at radius 1 is 0.833 bits per heavy atom. The number of pyridine rings is 1. The van der Waals surface area contributed by atoms with Crippen molar-refractivity contribution in [2.45, 2.75) is 34.6 Å². The Morgan fingerprint density at radius 2 is 1.44 bits per heavy atom. The Labute approximate surface area is 111 Å². The lowest BCUT2D eigenvalue weighted by Crippen LogP contribution is -1.88. The van der Waals surface area contributed by atoms with Gasteiger partial charge in [0.1, 0.15) is 5.75 Å². The third-order valence-electron chi connectivity index (χ3n) is 1.95. The molecule has 0 N–H and O–H groups in total. The Kier molecular flexibility index (Phi) is 9.28. The number of hydrogen-bond acceptors (Lipinski definition) is 2. The van der Waals surface area contributed by atoms with E-state index in [4.69, 9.17) is 4.74 Å². The number of rotatable bonds is 2. The molecule has 2 rings (SSSR count). The average Bonchev–Trinajstić information content (AvgIpc) is 2.47. The molecule has 0 atom stereocenters. The summed E-state index contributed by atoms with van der Waals surface area (Å²) in [5.74, 6) is 1.48. The minimum atomic E-state index is 0.627. The third kappa shape index (κ3) is 5.48. The highest BCUT2D eigenvalue weighted by Crippen LogP contribution is 2.22. The van der Waals surface area contributed by atoms with Crippen molar-refractivity contribution in [2.24, 2.45) is 0 Å². The van der Waals surface area contributed by atoms with Gasteiger partial charge in [0.05, 0.1) is 0 Å². The Morgan fingerprint density at radius 3 is 2.00 bits per heavy atom. The fraction of sp³-hybridized carbons (Fsp3) is 0.312. The maximum Gasteiger partial charge on any atom is 0.219 e. The second kappa shape index (κ2) is 10.3. The molecule has 98 valence electrons. The third-order valence-corrected chi connectivity index (χ3v) is 1.95. The Balaban J connectivity index is 0.000000659. The molecular formula is C16H23NO. The number of hydrogen-bond donors (Lipinski definition) is 0. The van der Waals surface area contributed by atoms with E-state index in [1.54, 1.807) is 6.20 Å². The molecule has 0 bridgehead atoms. The van der Waals surface area contributed by atoms with Crippen LogP contribution in [0.15, 0.2) is 48.7 Å². The monoisotopic (exact) mass is 245 g/mol. The predicted octanol–water partition coefficient (Wildman–Crippen LogP) is 5.23. The van der Waals surface area contributed by atoms with Gasteiger partial charge < -0.3 is 4.74 Å². The van der Waals surface area contributed by atoms with Gasteiger partial charge in [-0.3, -0.25) is 0 Å². The molecule has 0 aliphatic heterocycles. The topological polar surface area (TPSA) is 22.1 Å². The fourth-order valence-electron chi connectivity index (χ4n) is 1.19. The second-order valence-corrected chi connectivity index (χ2v) is 3.04. The zero-order chi connectivity index (χ0) is 13.8. The summed E-state index contributed by atoms with van der Waals surface area (Å²) in [6.07, 6.45) is 1.72. The number of aryl methyl sites for hydroxylation is 1. The van der Waals surface area contributed by atoms with Gasteiger partial charge in [-0.25, -0.2) is 4.98 Å². The average molecular weight is 245 g/mol. The van der Waals surface area contributed by atoms with Crippen LogP contribution in [-0.2, 0) is 0 Å². The lowest BCUT2D eigenvalue weighted by Gasteiger charge is -2.06. The quantitative estimate of drug-likeness (QED) is 0.722. The largest absolute Gasteiger partial charge is 0.439 e. The molecular weight excluding hydrogens is 222 g/mol. The second-order valence-electron chi connectivity index (χ2n) is 3.04. The highest BCUT2D eigenvalue weighted by atomic mass is 16.5. The van der Waals surface area contributed by atoms with Gasteiger partial charge in [0, 0.05) is 12.3 Å². The standard InChI is InChI=1S/C12H11NO.2C2H6/c1-10-6-2-3-7-11(10)14-12-8-4-5-9-13-12;2*1-2/h2-9H,1H3;2*1-2H3. The van der Waals surface area contributed by atoms with E-state index in [0.717, 1.165) is 11.3 Å². The van der Waals surface area contributed by atoms with Crippen molar-refractivity contribution in [1.29, 1.82) is 0 Å². The van der Waals surface area contributed by atoms with E-state index in [-0.39, 0.29) is 0 Å². The molecule has 0 aliphatic carbocycles. The van der Waals surface area contributed by atoms with E-state index in [0.29, 0.717) is 5.88 Å². The predicted molar refractivity (Wildman–Crippen MR) is 78.2 cm³/mol. The molecule has 0 spiro atoms. The number of benzene rings is 1. The summed E-state index contributed by atoms with van der Waals surface area (Å²) < 4.78 is 5.60. The molecule has 1 aromatic carbocycles. The van der Waals surface area contributed by atoms with Gasteiger partial charge in [-0.05, 0) is 24.6 Å². The van der Waals surface area contributed by atoms with Crippen LogP contribution in [-0.4, -0.2) is 4.98 Å². The van der Waals surface area contributed by atoms with E-state index in [1.165, 1.54) is 0 Å². The minimum absolute atomic E-state index is 0.627. The Bertz CT molecular complexity index is 412. The number of nitrogens with zero attached hydrogens (tertiary/aromatic N) is 1. The summed E-state index contributed by atoms with van der Waals surface area (Å²) in [7, 11) is 0.